The van der Waals surface area contributed by atoms with Gasteiger partial charge in [0.15, 0.2) is 5.71 Å². The first-order valence-corrected chi connectivity index (χ1v) is 3.65. The summed E-state index contributed by atoms with van der Waals surface area (Å²) in [6, 6.07) is 0. The third kappa shape index (κ3) is 1.59. The van der Waals surface area contributed by atoms with Crippen LogP contribution in [0.2, 0.25) is 0 Å². The standard InChI is InChI=1S/C8H13NO/c1-9-7-4-3-5-8(6-7)10-2/h6H,3-5H2,1-2H3/p+1. The molecule has 0 aromatic rings. The minimum absolute atomic E-state index is 1.08. The molecular weight excluding hydrogens is 126 g/mol. The van der Waals surface area contributed by atoms with Crippen LogP contribution in [0.3, 0.4) is 0 Å². The molecule has 0 saturated carbocycles. The minimum Gasteiger partial charge on any atom is -0.501 e. The highest BCUT2D eigenvalue weighted by Gasteiger charge is 2.10. The second-order valence-corrected chi connectivity index (χ2v) is 2.44. The fraction of sp³-hybridized carbons (Fsp3) is 0.625. The number of hydrogen-bond donors (Lipinski definition) is 1. The van der Waals surface area contributed by atoms with Gasteiger partial charge in [0.05, 0.1) is 7.11 Å². The average Bonchev–Trinajstić information content (AvgIpc) is 2.05. The van der Waals surface area contributed by atoms with Crippen LogP contribution in [-0.2, 0) is 4.74 Å². The summed E-state index contributed by atoms with van der Waals surface area (Å²) in [5.41, 5.74) is 1.28. The van der Waals surface area contributed by atoms with E-state index >= 15 is 0 Å². The topological polar surface area (TPSA) is 23.2 Å². The van der Waals surface area contributed by atoms with E-state index in [0.29, 0.717) is 0 Å². The van der Waals surface area contributed by atoms with Crippen molar-refractivity contribution in [2.45, 2.75) is 19.3 Å². The molecule has 0 fully saturated rings. The molecule has 0 spiro atoms. The molecule has 0 radical (unpaired) electrons. The van der Waals surface area contributed by atoms with Crippen molar-refractivity contribution in [2.24, 2.45) is 0 Å². The van der Waals surface area contributed by atoms with Gasteiger partial charge >= 0.3 is 0 Å². The Morgan fingerprint density at radius 1 is 1.50 bits per heavy atom. The van der Waals surface area contributed by atoms with Crippen LogP contribution in [0.15, 0.2) is 11.8 Å². The van der Waals surface area contributed by atoms with Gasteiger partial charge in [-0.2, -0.15) is 0 Å². The highest BCUT2D eigenvalue weighted by molar-refractivity contribution is 5.91. The first-order chi connectivity index (χ1) is 4.86. The molecule has 1 N–H and O–H groups in total. The summed E-state index contributed by atoms with van der Waals surface area (Å²) in [6.45, 7) is 0. The van der Waals surface area contributed by atoms with Crippen LogP contribution in [0.5, 0.6) is 0 Å². The Morgan fingerprint density at radius 2 is 2.30 bits per heavy atom. The average molecular weight is 140 g/mol. The van der Waals surface area contributed by atoms with Gasteiger partial charge in [0.1, 0.15) is 12.8 Å². The van der Waals surface area contributed by atoms with E-state index in [1.807, 2.05) is 7.05 Å². The van der Waals surface area contributed by atoms with Crippen molar-refractivity contribution in [3.63, 3.8) is 0 Å². The van der Waals surface area contributed by atoms with Crippen molar-refractivity contribution >= 4 is 5.71 Å². The largest absolute Gasteiger partial charge is 0.501 e. The van der Waals surface area contributed by atoms with E-state index in [4.69, 9.17) is 4.74 Å². The van der Waals surface area contributed by atoms with Gasteiger partial charge in [-0.05, 0) is 6.42 Å². The molecule has 0 aromatic heterocycles. The van der Waals surface area contributed by atoms with Crippen molar-refractivity contribution in [3.8, 4) is 0 Å². The summed E-state index contributed by atoms with van der Waals surface area (Å²) in [7, 11) is 3.68. The molecule has 0 aromatic carbocycles. The first-order valence-electron chi connectivity index (χ1n) is 3.65. The molecule has 0 aliphatic heterocycles. The maximum Gasteiger partial charge on any atom is 0.177 e. The van der Waals surface area contributed by atoms with Crippen LogP contribution in [-0.4, -0.2) is 19.9 Å². The highest BCUT2D eigenvalue weighted by atomic mass is 16.5. The van der Waals surface area contributed by atoms with Gasteiger partial charge in [0.25, 0.3) is 0 Å². The number of hydrogen-bond acceptors (Lipinski definition) is 1. The number of rotatable bonds is 1. The maximum atomic E-state index is 5.12. The summed E-state index contributed by atoms with van der Waals surface area (Å²) in [6.07, 6.45) is 5.53. The SMILES string of the molecule is C[NH+]=C1C=C(OC)CCC1. The van der Waals surface area contributed by atoms with Crippen molar-refractivity contribution in [1.29, 1.82) is 0 Å². The Kier molecular flexibility index (Phi) is 2.49. The lowest BCUT2D eigenvalue weighted by Gasteiger charge is -2.09. The van der Waals surface area contributed by atoms with Gasteiger partial charge in [-0.15, -0.1) is 0 Å². The number of methoxy groups -OCH3 is 1. The monoisotopic (exact) mass is 140 g/mol. The summed E-state index contributed by atoms with van der Waals surface area (Å²) in [4.78, 5) is 3.13. The Labute approximate surface area is 61.6 Å². The van der Waals surface area contributed by atoms with Crippen molar-refractivity contribution in [1.82, 2.24) is 0 Å². The normalized spacial score (nSPS) is 22.6. The molecule has 10 heavy (non-hydrogen) atoms. The van der Waals surface area contributed by atoms with E-state index in [1.165, 1.54) is 12.1 Å². The molecule has 0 saturated heterocycles. The first kappa shape index (κ1) is 7.32. The molecule has 0 unspecified atom stereocenters. The van der Waals surface area contributed by atoms with E-state index in [-0.39, 0.29) is 0 Å². The Balaban J connectivity index is 2.66. The number of allylic oxidation sites excluding steroid dienone is 2. The van der Waals surface area contributed by atoms with E-state index in [1.54, 1.807) is 7.11 Å². The second kappa shape index (κ2) is 3.40. The van der Waals surface area contributed by atoms with Crippen LogP contribution in [0.1, 0.15) is 19.3 Å². The van der Waals surface area contributed by atoms with E-state index in [2.05, 4.69) is 11.1 Å². The number of nitrogens with one attached hydrogen (secondary N) is 1. The van der Waals surface area contributed by atoms with Gasteiger partial charge in [-0.1, -0.05) is 0 Å². The van der Waals surface area contributed by atoms with E-state index in [9.17, 15) is 0 Å². The second-order valence-electron chi connectivity index (χ2n) is 2.44. The molecule has 2 nitrogen and oxygen atoms in total. The van der Waals surface area contributed by atoms with Gasteiger partial charge in [0.2, 0.25) is 0 Å². The predicted molar refractivity (Wildman–Crippen MR) is 40.8 cm³/mol. The quantitative estimate of drug-likeness (QED) is 0.538. The van der Waals surface area contributed by atoms with Gasteiger partial charge in [0, 0.05) is 18.9 Å². The fourth-order valence-corrected chi connectivity index (χ4v) is 1.15. The molecule has 0 amide bonds. The molecule has 1 rings (SSSR count). The molecule has 0 heterocycles. The van der Waals surface area contributed by atoms with Crippen LogP contribution < -0.4 is 4.99 Å². The van der Waals surface area contributed by atoms with Crippen LogP contribution in [0.4, 0.5) is 0 Å². The van der Waals surface area contributed by atoms with Crippen molar-refractivity contribution in [2.75, 3.05) is 14.2 Å². The molecule has 0 bridgehead atoms. The molecule has 1 aliphatic carbocycles. The lowest BCUT2D eigenvalue weighted by Crippen LogP contribution is -2.67. The Hall–Kier alpha value is -0.790. The lowest BCUT2D eigenvalue weighted by molar-refractivity contribution is -0.420. The highest BCUT2D eigenvalue weighted by Crippen LogP contribution is 2.13. The molecule has 1 aliphatic rings. The Bertz CT molecular complexity index is 170. The predicted octanol–water partition coefficient (Wildman–Crippen LogP) is -0.148. The fourth-order valence-electron chi connectivity index (χ4n) is 1.15. The third-order valence-corrected chi connectivity index (χ3v) is 1.79. The zero-order valence-electron chi connectivity index (χ0n) is 6.61. The van der Waals surface area contributed by atoms with Crippen LogP contribution in [0, 0.1) is 0 Å². The van der Waals surface area contributed by atoms with Gasteiger partial charge < -0.3 is 4.74 Å². The summed E-state index contributed by atoms with van der Waals surface area (Å²) >= 11 is 0. The zero-order valence-corrected chi connectivity index (χ0v) is 6.61. The van der Waals surface area contributed by atoms with E-state index in [0.717, 1.165) is 18.6 Å². The summed E-state index contributed by atoms with van der Waals surface area (Å²) < 4.78 is 5.12. The van der Waals surface area contributed by atoms with Crippen molar-refractivity contribution in [3.05, 3.63) is 11.8 Å². The molecule has 56 valence electrons. The Morgan fingerprint density at radius 3 is 2.90 bits per heavy atom. The third-order valence-electron chi connectivity index (χ3n) is 1.79. The van der Waals surface area contributed by atoms with Crippen molar-refractivity contribution < 1.29 is 9.73 Å². The smallest absolute Gasteiger partial charge is 0.177 e. The van der Waals surface area contributed by atoms with Gasteiger partial charge in [-0.25, -0.2) is 4.99 Å². The van der Waals surface area contributed by atoms with Crippen LogP contribution >= 0.6 is 0 Å². The summed E-state index contributed by atoms with van der Waals surface area (Å²) in [5.74, 6) is 1.09. The molecule has 2 heteroatoms. The van der Waals surface area contributed by atoms with E-state index < -0.39 is 0 Å². The molecule has 0 atom stereocenters. The maximum absolute atomic E-state index is 5.12. The van der Waals surface area contributed by atoms with Gasteiger partial charge in [-0.3, -0.25) is 0 Å². The molecular formula is C8H14NO+. The number of ether oxygens (including phenoxy) is 1. The summed E-state index contributed by atoms with van der Waals surface area (Å²) in [5, 5.41) is 0. The lowest BCUT2D eigenvalue weighted by atomic mass is 10.0. The minimum atomic E-state index is 1.08. The van der Waals surface area contributed by atoms with Crippen LogP contribution in [0.25, 0.3) is 0 Å². The zero-order chi connectivity index (χ0) is 7.40.